The molecule has 110 valence electrons. The molecule has 0 saturated carbocycles. The Balaban J connectivity index is 2.68. The molecule has 0 spiro atoms. The number of alkyl halides is 3. The van der Waals surface area contributed by atoms with E-state index in [1.165, 1.54) is 0 Å². The fourth-order valence-corrected chi connectivity index (χ4v) is 1.95. The van der Waals surface area contributed by atoms with Gasteiger partial charge in [-0.1, -0.05) is 0 Å². The quantitative estimate of drug-likeness (QED) is 0.824. The molecule has 0 radical (unpaired) electrons. The number of aromatic nitrogens is 2. The van der Waals surface area contributed by atoms with Crippen LogP contribution in [-0.2, 0) is 6.18 Å². The summed E-state index contributed by atoms with van der Waals surface area (Å²) in [6.07, 6.45) is -3.80. The van der Waals surface area contributed by atoms with Crippen molar-refractivity contribution < 1.29 is 27.5 Å². The Morgan fingerprint density at radius 3 is 2.52 bits per heavy atom. The van der Waals surface area contributed by atoms with Crippen molar-refractivity contribution in [2.24, 2.45) is 0 Å². The average Bonchev–Trinajstić information content (AvgIpc) is 2.38. The molecule has 2 rings (SSSR count). The van der Waals surface area contributed by atoms with E-state index >= 15 is 0 Å². The molecule has 0 aliphatic heterocycles. The van der Waals surface area contributed by atoms with Crippen molar-refractivity contribution in [1.29, 1.82) is 0 Å². The summed E-state index contributed by atoms with van der Waals surface area (Å²) in [6.45, 7) is 0. The van der Waals surface area contributed by atoms with Crippen molar-refractivity contribution >= 4 is 21.9 Å². The Bertz CT molecular complexity index is 719. The molecule has 1 N–H and O–H groups in total. The van der Waals surface area contributed by atoms with Crippen molar-refractivity contribution in [3.8, 4) is 11.4 Å². The fourth-order valence-electron chi connectivity index (χ4n) is 1.59. The third kappa shape index (κ3) is 3.18. The van der Waals surface area contributed by atoms with Crippen molar-refractivity contribution in [1.82, 2.24) is 9.97 Å². The van der Waals surface area contributed by atoms with Gasteiger partial charge in [0.1, 0.15) is 5.82 Å². The lowest BCUT2D eigenvalue weighted by atomic mass is 10.1. The highest BCUT2D eigenvalue weighted by Gasteiger charge is 2.35. The fraction of sp³-hybridized carbons (Fsp3) is 0.0833. The maximum atomic E-state index is 13.0. The first kappa shape index (κ1) is 15.4. The second-order valence-corrected chi connectivity index (χ2v) is 4.74. The molecule has 0 atom stereocenters. The minimum Gasteiger partial charge on any atom is -0.476 e. The topological polar surface area (TPSA) is 63.1 Å². The molecule has 0 fully saturated rings. The number of hydrogen-bond acceptors (Lipinski definition) is 3. The van der Waals surface area contributed by atoms with Crippen LogP contribution in [0.25, 0.3) is 11.4 Å². The van der Waals surface area contributed by atoms with Crippen molar-refractivity contribution in [2.45, 2.75) is 6.18 Å². The molecular weight excluding hydrogens is 360 g/mol. The van der Waals surface area contributed by atoms with E-state index in [9.17, 15) is 22.4 Å². The molecule has 0 aliphatic carbocycles. The van der Waals surface area contributed by atoms with Gasteiger partial charge in [0.25, 0.3) is 0 Å². The second-order valence-electron chi connectivity index (χ2n) is 3.88. The predicted octanol–water partition coefficient (Wildman–Crippen LogP) is 3.76. The van der Waals surface area contributed by atoms with Crippen molar-refractivity contribution in [3.05, 3.63) is 45.9 Å². The normalized spacial score (nSPS) is 11.5. The molecule has 2 aromatic rings. The summed E-state index contributed by atoms with van der Waals surface area (Å²) in [7, 11) is 0. The van der Waals surface area contributed by atoms with Gasteiger partial charge in [-0.3, -0.25) is 0 Å². The van der Waals surface area contributed by atoms with E-state index in [4.69, 9.17) is 5.11 Å². The lowest BCUT2D eigenvalue weighted by molar-refractivity contribution is -0.137. The van der Waals surface area contributed by atoms with Gasteiger partial charge in [0, 0.05) is 11.8 Å². The molecule has 0 unspecified atom stereocenters. The maximum Gasteiger partial charge on any atom is 0.417 e. The van der Waals surface area contributed by atoms with Crippen LogP contribution in [0.5, 0.6) is 0 Å². The maximum absolute atomic E-state index is 13.0. The number of nitrogens with zero attached hydrogens (tertiary/aromatic N) is 2. The van der Waals surface area contributed by atoms with E-state index in [0.29, 0.717) is 6.07 Å². The Labute approximate surface area is 123 Å². The van der Waals surface area contributed by atoms with Crippen LogP contribution in [-0.4, -0.2) is 21.0 Å². The van der Waals surface area contributed by atoms with Gasteiger partial charge in [-0.15, -0.1) is 0 Å². The van der Waals surface area contributed by atoms with E-state index in [0.717, 1.165) is 18.3 Å². The second kappa shape index (κ2) is 5.40. The third-order valence-corrected chi connectivity index (χ3v) is 3.05. The number of hydrogen-bond donors (Lipinski definition) is 1. The average molecular weight is 365 g/mol. The van der Waals surface area contributed by atoms with Crippen LogP contribution in [0.3, 0.4) is 0 Å². The first-order chi connectivity index (χ1) is 9.70. The molecule has 1 aromatic carbocycles. The number of benzene rings is 1. The van der Waals surface area contributed by atoms with E-state index < -0.39 is 40.6 Å². The predicted molar refractivity (Wildman–Crippen MR) is 67.1 cm³/mol. The zero-order valence-corrected chi connectivity index (χ0v) is 11.5. The Morgan fingerprint density at radius 1 is 1.29 bits per heavy atom. The summed E-state index contributed by atoms with van der Waals surface area (Å²) in [5.41, 5.74) is -2.27. The lowest BCUT2D eigenvalue weighted by Gasteiger charge is -2.12. The summed E-state index contributed by atoms with van der Waals surface area (Å²) >= 11 is 2.89. The van der Waals surface area contributed by atoms with Crippen LogP contribution in [0.4, 0.5) is 17.6 Å². The van der Waals surface area contributed by atoms with Gasteiger partial charge in [-0.2, -0.15) is 13.2 Å². The number of carboxylic acids is 1. The van der Waals surface area contributed by atoms with Crippen LogP contribution in [0.2, 0.25) is 0 Å². The zero-order chi connectivity index (χ0) is 15.8. The highest BCUT2D eigenvalue weighted by Crippen LogP contribution is 2.36. The summed E-state index contributed by atoms with van der Waals surface area (Å²) in [4.78, 5) is 18.2. The third-order valence-electron chi connectivity index (χ3n) is 2.47. The first-order valence-corrected chi connectivity index (χ1v) is 6.12. The highest BCUT2D eigenvalue weighted by molar-refractivity contribution is 9.10. The Morgan fingerprint density at radius 2 is 1.95 bits per heavy atom. The minimum atomic E-state index is -4.82. The Kier molecular flexibility index (Phi) is 3.95. The van der Waals surface area contributed by atoms with Gasteiger partial charge in [0.2, 0.25) is 0 Å². The monoisotopic (exact) mass is 364 g/mol. The number of rotatable bonds is 2. The molecule has 0 saturated heterocycles. The van der Waals surface area contributed by atoms with Crippen LogP contribution in [0.1, 0.15) is 16.1 Å². The van der Waals surface area contributed by atoms with Gasteiger partial charge in [0.05, 0.1) is 10.0 Å². The standard InChI is InChI=1S/C12H5BrF4N2O2/c13-8-4-18-10(19-9(8)11(20)21)6-2-1-5(14)3-7(6)12(15,16)17/h1-4H,(H,20,21). The summed E-state index contributed by atoms with van der Waals surface area (Å²) in [5.74, 6) is -2.95. The minimum absolute atomic E-state index is 0.0226. The highest BCUT2D eigenvalue weighted by atomic mass is 79.9. The van der Waals surface area contributed by atoms with Crippen molar-refractivity contribution in [3.63, 3.8) is 0 Å². The molecule has 0 aliphatic rings. The number of carboxylic acid groups (broad SMARTS) is 1. The Hall–Kier alpha value is -2.03. The largest absolute Gasteiger partial charge is 0.476 e. The molecule has 0 amide bonds. The van der Waals surface area contributed by atoms with Crippen molar-refractivity contribution in [2.75, 3.05) is 0 Å². The smallest absolute Gasteiger partial charge is 0.417 e. The molecule has 0 bridgehead atoms. The van der Waals surface area contributed by atoms with Crippen LogP contribution < -0.4 is 0 Å². The number of halogens is 5. The van der Waals surface area contributed by atoms with E-state index in [2.05, 4.69) is 25.9 Å². The van der Waals surface area contributed by atoms with Crippen LogP contribution >= 0.6 is 15.9 Å². The molecular formula is C12H5BrF4N2O2. The lowest BCUT2D eigenvalue weighted by Crippen LogP contribution is -2.10. The SMILES string of the molecule is O=C(O)c1nc(-c2ccc(F)cc2C(F)(F)F)ncc1Br. The first-order valence-electron chi connectivity index (χ1n) is 5.33. The van der Waals surface area contributed by atoms with Gasteiger partial charge in [-0.25, -0.2) is 19.2 Å². The molecule has 1 aromatic heterocycles. The summed E-state index contributed by atoms with van der Waals surface area (Å²) < 4.78 is 51.8. The summed E-state index contributed by atoms with van der Waals surface area (Å²) in [5, 5.41) is 8.91. The van der Waals surface area contributed by atoms with E-state index in [1.807, 2.05) is 0 Å². The number of aromatic carboxylic acids is 1. The zero-order valence-electron chi connectivity index (χ0n) is 9.95. The van der Waals surface area contributed by atoms with Gasteiger partial charge >= 0.3 is 12.1 Å². The number of carbonyl (C=O) groups is 1. The van der Waals surface area contributed by atoms with Crippen LogP contribution in [0, 0.1) is 5.82 Å². The van der Waals surface area contributed by atoms with Gasteiger partial charge < -0.3 is 5.11 Å². The molecule has 21 heavy (non-hydrogen) atoms. The molecule has 9 heteroatoms. The summed E-state index contributed by atoms with van der Waals surface area (Å²) in [6, 6.07) is 1.98. The van der Waals surface area contributed by atoms with Gasteiger partial charge in [0.15, 0.2) is 11.5 Å². The van der Waals surface area contributed by atoms with E-state index in [1.54, 1.807) is 0 Å². The molecule has 1 heterocycles. The molecule has 4 nitrogen and oxygen atoms in total. The van der Waals surface area contributed by atoms with Gasteiger partial charge in [-0.05, 0) is 34.1 Å². The van der Waals surface area contributed by atoms with Crippen LogP contribution in [0.15, 0.2) is 28.9 Å². The van der Waals surface area contributed by atoms with E-state index in [-0.39, 0.29) is 4.47 Å².